The second kappa shape index (κ2) is 5.15. The normalized spacial score (nSPS) is 11.9. The lowest BCUT2D eigenvalue weighted by atomic mass is 10.2. The Kier molecular flexibility index (Phi) is 3.58. The molecule has 1 aromatic heterocycles. The van der Waals surface area contributed by atoms with Crippen molar-refractivity contribution >= 4 is 17.0 Å². The Bertz CT molecular complexity index is 580. The fourth-order valence-corrected chi connectivity index (χ4v) is 2.43. The van der Waals surface area contributed by atoms with Crippen LogP contribution in [0.3, 0.4) is 0 Å². The fraction of sp³-hybridized carbons (Fsp3) is 0.231. The molecule has 2 rings (SSSR count). The molecule has 0 aliphatic heterocycles. The zero-order chi connectivity index (χ0) is 13.1. The molecule has 0 spiro atoms. The van der Waals surface area contributed by atoms with Crippen LogP contribution < -0.4 is 5.32 Å². The molecule has 0 aliphatic rings. The Morgan fingerprint density at radius 3 is 2.72 bits per heavy atom. The largest absolute Gasteiger partial charge is 0.364 e. The predicted octanol–water partition coefficient (Wildman–Crippen LogP) is 3.58. The molecule has 0 saturated heterocycles. The van der Waals surface area contributed by atoms with Gasteiger partial charge in [-0.3, -0.25) is 0 Å². The Hall–Kier alpha value is -1.93. The van der Waals surface area contributed by atoms with E-state index >= 15 is 0 Å². The van der Waals surface area contributed by atoms with Gasteiger partial charge in [0.1, 0.15) is 10.8 Å². The van der Waals surface area contributed by atoms with E-state index in [0.29, 0.717) is 10.7 Å². The molecule has 0 aliphatic carbocycles. The lowest BCUT2D eigenvalue weighted by Crippen LogP contribution is -2.08. The Morgan fingerprint density at radius 2 is 2.17 bits per heavy atom. The van der Waals surface area contributed by atoms with Gasteiger partial charge in [0.25, 0.3) is 0 Å². The van der Waals surface area contributed by atoms with Crippen LogP contribution in [0.1, 0.15) is 22.3 Å². The van der Waals surface area contributed by atoms with Gasteiger partial charge in [-0.15, -0.1) is 11.3 Å². The number of anilines is 1. The van der Waals surface area contributed by atoms with Gasteiger partial charge in [0.2, 0.25) is 0 Å². The quantitative estimate of drug-likeness (QED) is 0.918. The summed E-state index contributed by atoms with van der Waals surface area (Å²) in [6.07, 6.45) is 0. The van der Waals surface area contributed by atoms with Gasteiger partial charge in [0.15, 0.2) is 6.04 Å². The summed E-state index contributed by atoms with van der Waals surface area (Å²) < 4.78 is 13.3. The second-order valence-corrected chi connectivity index (χ2v) is 4.94. The van der Waals surface area contributed by atoms with Crippen molar-refractivity contribution in [1.29, 1.82) is 5.26 Å². The highest BCUT2D eigenvalue weighted by Gasteiger charge is 2.14. The molecule has 0 radical (unpaired) electrons. The van der Waals surface area contributed by atoms with Crippen LogP contribution in [0.25, 0.3) is 0 Å². The minimum absolute atomic E-state index is 0.315. The number of halogens is 1. The minimum atomic E-state index is -0.551. The third-order valence-electron chi connectivity index (χ3n) is 2.37. The molecular formula is C13H12FN3S. The predicted molar refractivity (Wildman–Crippen MR) is 70.0 cm³/mol. The van der Waals surface area contributed by atoms with Crippen LogP contribution in [0.15, 0.2) is 23.6 Å². The first-order valence-corrected chi connectivity index (χ1v) is 6.32. The molecule has 2 aromatic rings. The van der Waals surface area contributed by atoms with Crippen LogP contribution in [0.2, 0.25) is 0 Å². The van der Waals surface area contributed by atoms with Gasteiger partial charge in [0, 0.05) is 16.8 Å². The summed E-state index contributed by atoms with van der Waals surface area (Å²) in [6, 6.07) is 6.20. The van der Waals surface area contributed by atoms with Crippen LogP contribution in [-0.4, -0.2) is 4.98 Å². The minimum Gasteiger partial charge on any atom is -0.364 e. The standard InChI is InChI=1S/C13H12FN3S/c1-8-3-10(14)5-11(4-8)17-12(6-15)13-16-9(2)7-18-13/h3-5,7,12,17H,1-2H3. The van der Waals surface area contributed by atoms with E-state index in [2.05, 4.69) is 16.4 Å². The highest BCUT2D eigenvalue weighted by molar-refractivity contribution is 7.09. The average molecular weight is 261 g/mol. The van der Waals surface area contributed by atoms with E-state index in [-0.39, 0.29) is 5.82 Å². The second-order valence-electron chi connectivity index (χ2n) is 4.05. The first-order chi connectivity index (χ1) is 8.58. The number of rotatable bonds is 3. The highest BCUT2D eigenvalue weighted by atomic mass is 32.1. The third-order valence-corrected chi connectivity index (χ3v) is 3.39. The third kappa shape index (κ3) is 2.84. The van der Waals surface area contributed by atoms with Crippen LogP contribution in [0.5, 0.6) is 0 Å². The van der Waals surface area contributed by atoms with Crippen molar-refractivity contribution in [3.8, 4) is 6.07 Å². The maximum Gasteiger partial charge on any atom is 0.166 e. The van der Waals surface area contributed by atoms with Gasteiger partial charge in [0.05, 0.1) is 6.07 Å². The molecule has 1 atom stereocenters. The van der Waals surface area contributed by atoms with E-state index in [4.69, 9.17) is 5.26 Å². The van der Waals surface area contributed by atoms with Crippen LogP contribution in [-0.2, 0) is 0 Å². The number of nitrogens with zero attached hydrogens (tertiary/aromatic N) is 2. The van der Waals surface area contributed by atoms with E-state index in [1.54, 1.807) is 6.07 Å². The van der Waals surface area contributed by atoms with E-state index < -0.39 is 6.04 Å². The number of nitrogens with one attached hydrogen (secondary N) is 1. The van der Waals surface area contributed by atoms with Gasteiger partial charge in [-0.1, -0.05) is 0 Å². The average Bonchev–Trinajstić information content (AvgIpc) is 2.71. The van der Waals surface area contributed by atoms with Crippen molar-refractivity contribution in [2.45, 2.75) is 19.9 Å². The molecule has 5 heteroatoms. The monoisotopic (exact) mass is 261 g/mol. The van der Waals surface area contributed by atoms with Gasteiger partial charge in [-0.25, -0.2) is 9.37 Å². The fourth-order valence-electron chi connectivity index (χ4n) is 1.64. The van der Waals surface area contributed by atoms with Crippen molar-refractivity contribution in [3.63, 3.8) is 0 Å². The summed E-state index contributed by atoms with van der Waals surface area (Å²) in [5.74, 6) is -0.315. The molecular weight excluding hydrogens is 249 g/mol. The van der Waals surface area contributed by atoms with Gasteiger partial charge < -0.3 is 5.32 Å². The van der Waals surface area contributed by atoms with Crippen molar-refractivity contribution in [3.05, 3.63) is 45.7 Å². The highest BCUT2D eigenvalue weighted by Crippen LogP contribution is 2.23. The van der Waals surface area contributed by atoms with Gasteiger partial charge in [-0.05, 0) is 37.6 Å². The molecule has 1 aromatic carbocycles. The molecule has 0 fully saturated rings. The summed E-state index contributed by atoms with van der Waals surface area (Å²) >= 11 is 1.42. The molecule has 18 heavy (non-hydrogen) atoms. The Labute approximate surface area is 109 Å². The van der Waals surface area contributed by atoms with E-state index in [9.17, 15) is 4.39 Å². The van der Waals surface area contributed by atoms with Crippen LogP contribution in [0.4, 0.5) is 10.1 Å². The Balaban J connectivity index is 2.23. The van der Waals surface area contributed by atoms with Crippen LogP contribution >= 0.6 is 11.3 Å². The van der Waals surface area contributed by atoms with Crippen molar-refractivity contribution in [1.82, 2.24) is 4.98 Å². The smallest absolute Gasteiger partial charge is 0.166 e. The Morgan fingerprint density at radius 1 is 1.39 bits per heavy atom. The zero-order valence-corrected chi connectivity index (χ0v) is 10.9. The van der Waals surface area contributed by atoms with E-state index in [1.807, 2.05) is 19.2 Å². The van der Waals surface area contributed by atoms with Gasteiger partial charge in [-0.2, -0.15) is 5.26 Å². The maximum atomic E-state index is 13.3. The lowest BCUT2D eigenvalue weighted by molar-refractivity contribution is 0.627. The number of nitriles is 1. The topological polar surface area (TPSA) is 48.7 Å². The zero-order valence-electron chi connectivity index (χ0n) is 10.1. The maximum absolute atomic E-state index is 13.3. The number of hydrogen-bond donors (Lipinski definition) is 1. The number of aromatic nitrogens is 1. The summed E-state index contributed by atoms with van der Waals surface area (Å²) in [5, 5.41) is 14.7. The van der Waals surface area contributed by atoms with Crippen molar-refractivity contribution < 1.29 is 4.39 Å². The SMILES string of the molecule is Cc1cc(F)cc(NC(C#N)c2nc(C)cs2)c1. The summed E-state index contributed by atoms with van der Waals surface area (Å²) in [7, 11) is 0. The van der Waals surface area contributed by atoms with Crippen molar-refractivity contribution in [2.75, 3.05) is 5.32 Å². The first kappa shape index (κ1) is 12.5. The number of aryl methyl sites for hydroxylation is 2. The molecule has 1 heterocycles. The summed E-state index contributed by atoms with van der Waals surface area (Å²) in [5.41, 5.74) is 2.28. The molecule has 0 amide bonds. The molecule has 1 unspecified atom stereocenters. The molecule has 3 nitrogen and oxygen atoms in total. The number of thiazole rings is 1. The van der Waals surface area contributed by atoms with Crippen LogP contribution in [0, 0.1) is 31.0 Å². The lowest BCUT2D eigenvalue weighted by Gasteiger charge is -2.11. The van der Waals surface area contributed by atoms with Gasteiger partial charge >= 0.3 is 0 Å². The molecule has 92 valence electrons. The summed E-state index contributed by atoms with van der Waals surface area (Å²) in [6.45, 7) is 3.68. The summed E-state index contributed by atoms with van der Waals surface area (Å²) in [4.78, 5) is 4.26. The molecule has 0 bridgehead atoms. The first-order valence-electron chi connectivity index (χ1n) is 5.44. The molecule has 0 saturated carbocycles. The van der Waals surface area contributed by atoms with Crippen molar-refractivity contribution in [2.24, 2.45) is 0 Å². The molecule has 1 N–H and O–H groups in total. The van der Waals surface area contributed by atoms with E-state index in [1.165, 1.54) is 23.5 Å². The number of benzene rings is 1. The number of hydrogen-bond acceptors (Lipinski definition) is 4. The van der Waals surface area contributed by atoms with E-state index in [0.717, 1.165) is 11.3 Å².